The summed E-state index contributed by atoms with van der Waals surface area (Å²) in [6, 6.07) is 8.73. The van der Waals surface area contributed by atoms with Gasteiger partial charge in [0.2, 0.25) is 0 Å². The van der Waals surface area contributed by atoms with E-state index in [9.17, 15) is 5.11 Å². The van der Waals surface area contributed by atoms with Crippen LogP contribution < -0.4 is 15.5 Å². The summed E-state index contributed by atoms with van der Waals surface area (Å²) in [4.78, 5) is 7.06. The molecule has 1 aliphatic heterocycles. The number of guanidine groups is 1. The molecule has 7 heteroatoms. The number of aliphatic hydroxyl groups is 1. The van der Waals surface area contributed by atoms with E-state index in [4.69, 9.17) is 0 Å². The van der Waals surface area contributed by atoms with Crippen molar-refractivity contribution in [2.75, 3.05) is 31.1 Å². The van der Waals surface area contributed by atoms with E-state index in [-0.39, 0.29) is 24.0 Å². The number of aliphatic imine (C=N–C) groups is 1. The predicted octanol–water partition coefficient (Wildman–Crippen LogP) is 3.51. The number of hydrogen-bond donors (Lipinski definition) is 3. The van der Waals surface area contributed by atoms with Crippen LogP contribution in [0.2, 0.25) is 0 Å². The summed E-state index contributed by atoms with van der Waals surface area (Å²) in [5.74, 6) is 0.821. The van der Waals surface area contributed by atoms with E-state index in [1.807, 2.05) is 6.07 Å². The number of halogens is 2. The third-order valence-electron chi connectivity index (χ3n) is 5.13. The van der Waals surface area contributed by atoms with E-state index in [0.717, 1.165) is 62.2 Å². The number of anilines is 1. The topological polar surface area (TPSA) is 59.9 Å². The van der Waals surface area contributed by atoms with Crippen LogP contribution in [0.4, 0.5) is 5.69 Å². The van der Waals surface area contributed by atoms with E-state index in [0.29, 0.717) is 12.6 Å². The third-order valence-corrected chi connectivity index (χ3v) is 5.80. The summed E-state index contributed by atoms with van der Waals surface area (Å²) < 4.78 is 1.14. The Bertz CT molecular complexity index is 607. The minimum atomic E-state index is -0.598. The number of hydrogen-bond acceptors (Lipinski definition) is 3. The number of nitrogens with zero attached hydrogens (tertiary/aromatic N) is 2. The molecular formula is C19H30BrIN4O. The molecule has 0 amide bonds. The lowest BCUT2D eigenvalue weighted by molar-refractivity contribution is 0.0574. The zero-order valence-corrected chi connectivity index (χ0v) is 19.3. The zero-order valence-electron chi connectivity index (χ0n) is 15.4. The molecule has 0 bridgehead atoms. The second-order valence-corrected chi connectivity index (χ2v) is 8.01. The van der Waals surface area contributed by atoms with E-state index in [1.54, 1.807) is 0 Å². The van der Waals surface area contributed by atoms with Crippen LogP contribution in [0.5, 0.6) is 0 Å². The third kappa shape index (κ3) is 5.73. The Morgan fingerprint density at radius 1 is 1.35 bits per heavy atom. The lowest BCUT2D eigenvalue weighted by Crippen LogP contribution is -2.45. The first kappa shape index (κ1) is 21.8. The molecule has 0 radical (unpaired) electrons. The van der Waals surface area contributed by atoms with Crippen LogP contribution in [-0.2, 0) is 0 Å². The summed E-state index contributed by atoms with van der Waals surface area (Å²) in [5, 5.41) is 17.4. The van der Waals surface area contributed by atoms with Crippen molar-refractivity contribution in [3.63, 3.8) is 0 Å². The Hall–Kier alpha value is -0.540. The van der Waals surface area contributed by atoms with Gasteiger partial charge in [-0.05, 0) is 54.2 Å². The smallest absolute Gasteiger partial charge is 0.191 e. The van der Waals surface area contributed by atoms with Crippen LogP contribution in [0.25, 0.3) is 0 Å². The van der Waals surface area contributed by atoms with Gasteiger partial charge in [0.05, 0.1) is 17.8 Å². The van der Waals surface area contributed by atoms with Gasteiger partial charge in [-0.25, -0.2) is 0 Å². The first-order chi connectivity index (χ1) is 12.1. The summed E-state index contributed by atoms with van der Waals surface area (Å²) >= 11 is 3.64. The highest BCUT2D eigenvalue weighted by Crippen LogP contribution is 2.30. The van der Waals surface area contributed by atoms with E-state index >= 15 is 0 Å². The standard InChI is InChI=1S/C19H29BrN4O.HI/c1-2-21-18(22-14-19(25)10-5-6-11-19)23-15-9-12-24(13-15)17-8-4-3-7-16(17)20;/h3-4,7-8,15,25H,2,5-6,9-14H2,1H3,(H2,21,22,23);1H. The van der Waals surface area contributed by atoms with E-state index < -0.39 is 5.60 Å². The van der Waals surface area contributed by atoms with Crippen molar-refractivity contribution in [2.45, 2.75) is 50.7 Å². The molecule has 0 aromatic heterocycles. The lowest BCUT2D eigenvalue weighted by Gasteiger charge is -2.23. The number of benzene rings is 1. The van der Waals surface area contributed by atoms with Crippen LogP contribution in [0, 0.1) is 0 Å². The Morgan fingerprint density at radius 3 is 2.77 bits per heavy atom. The van der Waals surface area contributed by atoms with Gasteiger partial charge in [-0.15, -0.1) is 24.0 Å². The Morgan fingerprint density at radius 2 is 2.08 bits per heavy atom. The molecule has 3 rings (SSSR count). The Balaban J connectivity index is 0.00000243. The fraction of sp³-hybridized carbons (Fsp3) is 0.632. The summed E-state index contributed by atoms with van der Waals surface area (Å²) in [6.07, 6.45) is 5.04. The monoisotopic (exact) mass is 536 g/mol. The van der Waals surface area contributed by atoms with Gasteiger partial charge in [-0.2, -0.15) is 0 Å². The first-order valence-corrected chi connectivity index (χ1v) is 10.2. The van der Waals surface area contributed by atoms with Gasteiger partial charge < -0.3 is 20.6 Å². The van der Waals surface area contributed by atoms with Crippen molar-refractivity contribution >= 4 is 51.6 Å². The van der Waals surface area contributed by atoms with Crippen molar-refractivity contribution < 1.29 is 5.11 Å². The maximum atomic E-state index is 10.5. The molecule has 1 atom stereocenters. The number of para-hydroxylation sites is 1. The van der Waals surface area contributed by atoms with Crippen molar-refractivity contribution in [3.8, 4) is 0 Å². The van der Waals surface area contributed by atoms with Crippen molar-refractivity contribution in [3.05, 3.63) is 28.7 Å². The second-order valence-electron chi connectivity index (χ2n) is 7.15. The Kier molecular flexibility index (Phi) is 8.47. The van der Waals surface area contributed by atoms with Gasteiger partial charge in [0.25, 0.3) is 0 Å². The quantitative estimate of drug-likeness (QED) is 0.306. The van der Waals surface area contributed by atoms with Crippen LogP contribution in [0.15, 0.2) is 33.7 Å². The SMILES string of the molecule is CCNC(=NCC1(O)CCCC1)NC1CCN(c2ccccc2Br)C1.I. The molecule has 5 nitrogen and oxygen atoms in total. The summed E-state index contributed by atoms with van der Waals surface area (Å²) in [7, 11) is 0. The second kappa shape index (κ2) is 10.1. The molecule has 1 saturated heterocycles. The van der Waals surface area contributed by atoms with Gasteiger partial charge in [0, 0.05) is 30.1 Å². The molecule has 1 aromatic rings. The molecule has 1 unspecified atom stereocenters. The number of rotatable bonds is 5. The molecule has 146 valence electrons. The maximum absolute atomic E-state index is 10.5. The highest BCUT2D eigenvalue weighted by Gasteiger charge is 2.31. The highest BCUT2D eigenvalue weighted by molar-refractivity contribution is 14.0. The predicted molar refractivity (Wildman–Crippen MR) is 123 cm³/mol. The maximum Gasteiger partial charge on any atom is 0.191 e. The molecule has 1 heterocycles. The van der Waals surface area contributed by atoms with Gasteiger partial charge in [0.15, 0.2) is 5.96 Å². The molecule has 2 aliphatic rings. The van der Waals surface area contributed by atoms with E-state index in [1.165, 1.54) is 5.69 Å². The van der Waals surface area contributed by atoms with Crippen molar-refractivity contribution in [1.82, 2.24) is 10.6 Å². The average Bonchev–Trinajstić information content (AvgIpc) is 3.23. The normalized spacial score (nSPS) is 22.2. The minimum Gasteiger partial charge on any atom is -0.388 e. The first-order valence-electron chi connectivity index (χ1n) is 9.36. The highest BCUT2D eigenvalue weighted by atomic mass is 127. The largest absolute Gasteiger partial charge is 0.388 e. The molecule has 1 aliphatic carbocycles. The summed E-state index contributed by atoms with van der Waals surface area (Å²) in [6.45, 7) is 5.37. The van der Waals surface area contributed by atoms with E-state index in [2.05, 4.69) is 61.6 Å². The fourth-order valence-corrected chi connectivity index (χ4v) is 4.27. The van der Waals surface area contributed by atoms with Crippen molar-refractivity contribution in [2.24, 2.45) is 4.99 Å². The van der Waals surface area contributed by atoms with Crippen LogP contribution in [-0.4, -0.2) is 48.9 Å². The van der Waals surface area contributed by atoms with Gasteiger partial charge in [-0.1, -0.05) is 25.0 Å². The summed E-state index contributed by atoms with van der Waals surface area (Å²) in [5.41, 5.74) is 0.646. The molecule has 1 saturated carbocycles. The van der Waals surface area contributed by atoms with Crippen molar-refractivity contribution in [1.29, 1.82) is 0 Å². The molecule has 2 fully saturated rings. The average molecular weight is 537 g/mol. The zero-order chi connectivity index (χ0) is 17.7. The van der Waals surface area contributed by atoms with Gasteiger partial charge >= 0.3 is 0 Å². The fourth-order valence-electron chi connectivity index (χ4n) is 3.74. The van der Waals surface area contributed by atoms with Gasteiger partial charge in [-0.3, -0.25) is 4.99 Å². The number of nitrogens with one attached hydrogen (secondary N) is 2. The molecule has 3 N–H and O–H groups in total. The Labute approximate surface area is 182 Å². The van der Waals surface area contributed by atoms with Crippen LogP contribution in [0.1, 0.15) is 39.0 Å². The molecule has 26 heavy (non-hydrogen) atoms. The molecular weight excluding hydrogens is 507 g/mol. The van der Waals surface area contributed by atoms with Gasteiger partial charge in [0.1, 0.15) is 0 Å². The van der Waals surface area contributed by atoms with Crippen LogP contribution in [0.3, 0.4) is 0 Å². The van der Waals surface area contributed by atoms with Crippen LogP contribution >= 0.6 is 39.9 Å². The minimum absolute atomic E-state index is 0. The lowest BCUT2D eigenvalue weighted by atomic mass is 10.0. The molecule has 1 aromatic carbocycles. The molecule has 0 spiro atoms.